The first-order valence-corrected chi connectivity index (χ1v) is 22.3. The number of aromatic nitrogens is 6. The van der Waals surface area contributed by atoms with Gasteiger partial charge in [-0.15, -0.1) is 0 Å². The van der Waals surface area contributed by atoms with E-state index in [1.54, 1.807) is 44.5 Å². The van der Waals surface area contributed by atoms with Crippen LogP contribution in [-0.4, -0.2) is 26.4 Å². The number of nitrogens with zero attached hydrogens (tertiary/aromatic N) is 6. The molecule has 0 fully saturated rings. The van der Waals surface area contributed by atoms with Crippen LogP contribution in [0, 0.1) is 0 Å². The van der Waals surface area contributed by atoms with Crippen LogP contribution in [0.25, 0.3) is 99.3 Å². The minimum absolute atomic E-state index is 1.03. The van der Waals surface area contributed by atoms with E-state index in [9.17, 15) is 0 Å². The van der Waals surface area contributed by atoms with E-state index in [2.05, 4.69) is 108 Å². The minimum Gasteiger partial charge on any atom is -0.302 e. The standard InChI is InChI=1S/C50H52N6/c1-11-23-25(13-3)37-39-27(15-5)29(17-7)41-43-31(19-9)32(20-10)44-42-30(18-8)28(16-6)40-38-26(14-4)24(12-2)36-34-22-21-33-35(23)52(37)46-45(51(33)34)47(53(36)38)49(55(40)42)50(56(43)44)48(46)54(39)41/h21-22H,11-20H2,1-10H3. The number of hydrogen-bond acceptors (Lipinski definition) is 0. The Morgan fingerprint density at radius 3 is 0.571 bits per heavy atom. The van der Waals surface area contributed by atoms with Crippen molar-refractivity contribution in [1.82, 2.24) is 26.4 Å². The molecule has 0 saturated carbocycles. The molecule has 6 heteroatoms. The van der Waals surface area contributed by atoms with Crippen molar-refractivity contribution >= 4 is 99.3 Å². The molecule has 0 atom stereocenters. The first-order valence-electron chi connectivity index (χ1n) is 22.3. The number of hydrogen-bond donors (Lipinski definition) is 0. The van der Waals surface area contributed by atoms with Gasteiger partial charge in [0.05, 0.1) is 99.3 Å². The second kappa shape index (κ2) is 10.1. The summed E-state index contributed by atoms with van der Waals surface area (Å²) in [6, 6.07) is 4.97. The van der Waals surface area contributed by atoms with Gasteiger partial charge in [0.25, 0.3) is 0 Å². The number of fused-ring (bicyclic) bond motifs is 6. The Morgan fingerprint density at radius 1 is 0.214 bits per heavy atom. The van der Waals surface area contributed by atoms with E-state index in [1.807, 2.05) is 0 Å². The average molecular weight is 737 g/mol. The van der Waals surface area contributed by atoms with Crippen molar-refractivity contribution in [3.8, 4) is 0 Å². The molecule has 13 rings (SSSR count). The second-order valence-corrected chi connectivity index (χ2v) is 17.0. The Morgan fingerprint density at radius 2 is 0.375 bits per heavy atom. The van der Waals surface area contributed by atoms with Gasteiger partial charge in [-0.3, -0.25) is 0 Å². The van der Waals surface area contributed by atoms with Crippen LogP contribution in [0.1, 0.15) is 125 Å². The van der Waals surface area contributed by atoms with Crippen LogP contribution < -0.4 is 0 Å². The highest BCUT2D eigenvalue weighted by Crippen LogP contribution is 2.54. The first-order chi connectivity index (χ1) is 27.5. The predicted octanol–water partition coefficient (Wildman–Crippen LogP) is 12.4. The van der Waals surface area contributed by atoms with Gasteiger partial charge in [-0.25, -0.2) is 0 Å². The summed E-state index contributed by atoms with van der Waals surface area (Å²) in [4.78, 5) is 0. The van der Waals surface area contributed by atoms with E-state index in [0.717, 1.165) is 64.2 Å². The van der Waals surface area contributed by atoms with Crippen LogP contribution in [0.3, 0.4) is 0 Å². The lowest BCUT2D eigenvalue weighted by atomic mass is 10.00. The first kappa shape index (κ1) is 32.0. The van der Waals surface area contributed by atoms with Crippen LogP contribution in [0.5, 0.6) is 0 Å². The Kier molecular flexibility index (Phi) is 5.76. The van der Waals surface area contributed by atoms with Crippen LogP contribution in [0.4, 0.5) is 0 Å². The Hall–Kier alpha value is -5.10. The molecule has 0 spiro atoms. The molecule has 12 aromatic heterocycles. The molecule has 12 heterocycles. The molecule has 0 saturated heterocycles. The highest BCUT2D eigenvalue weighted by atomic mass is 15.2. The van der Waals surface area contributed by atoms with Crippen LogP contribution in [0.15, 0.2) is 12.1 Å². The van der Waals surface area contributed by atoms with Crippen molar-refractivity contribution in [2.45, 2.75) is 133 Å². The summed E-state index contributed by atoms with van der Waals surface area (Å²) in [5.41, 5.74) is 41.3. The minimum atomic E-state index is 1.03. The number of benzene rings is 1. The van der Waals surface area contributed by atoms with E-state index in [1.165, 1.54) is 110 Å². The maximum absolute atomic E-state index is 2.86. The molecule has 282 valence electrons. The molecular formula is C50H52N6. The second-order valence-electron chi connectivity index (χ2n) is 17.0. The van der Waals surface area contributed by atoms with Gasteiger partial charge < -0.3 is 26.4 Å². The predicted molar refractivity (Wildman–Crippen MR) is 238 cm³/mol. The van der Waals surface area contributed by atoms with Gasteiger partial charge in [0.2, 0.25) is 0 Å². The maximum Gasteiger partial charge on any atom is 0.0993 e. The van der Waals surface area contributed by atoms with Gasteiger partial charge >= 0.3 is 0 Å². The third kappa shape index (κ3) is 2.81. The topological polar surface area (TPSA) is 26.5 Å². The number of aryl methyl sites for hydroxylation is 10. The third-order valence-electron chi connectivity index (χ3n) is 15.4. The van der Waals surface area contributed by atoms with Crippen molar-refractivity contribution in [1.29, 1.82) is 0 Å². The van der Waals surface area contributed by atoms with Crippen molar-refractivity contribution < 1.29 is 0 Å². The quantitative estimate of drug-likeness (QED) is 0.0987. The molecule has 0 aliphatic heterocycles. The van der Waals surface area contributed by atoms with Crippen molar-refractivity contribution in [2.75, 3.05) is 0 Å². The van der Waals surface area contributed by atoms with Gasteiger partial charge in [-0.1, -0.05) is 69.2 Å². The summed E-state index contributed by atoms with van der Waals surface area (Å²) in [5.74, 6) is 0. The molecule has 6 nitrogen and oxygen atoms in total. The summed E-state index contributed by atoms with van der Waals surface area (Å²) in [7, 11) is 0. The number of rotatable bonds is 10. The smallest absolute Gasteiger partial charge is 0.0993 e. The van der Waals surface area contributed by atoms with Gasteiger partial charge in [0.1, 0.15) is 0 Å². The lowest BCUT2D eigenvalue weighted by molar-refractivity contribution is 1.06. The van der Waals surface area contributed by atoms with Crippen LogP contribution >= 0.6 is 0 Å². The molecule has 56 heavy (non-hydrogen) atoms. The third-order valence-corrected chi connectivity index (χ3v) is 15.4. The van der Waals surface area contributed by atoms with Crippen LogP contribution in [-0.2, 0) is 64.2 Å². The molecule has 0 unspecified atom stereocenters. The molecule has 0 aliphatic carbocycles. The zero-order valence-corrected chi connectivity index (χ0v) is 34.9. The van der Waals surface area contributed by atoms with E-state index in [-0.39, 0.29) is 0 Å². The monoisotopic (exact) mass is 736 g/mol. The van der Waals surface area contributed by atoms with E-state index >= 15 is 0 Å². The summed E-state index contributed by atoms with van der Waals surface area (Å²) >= 11 is 0. The Bertz CT molecular complexity index is 3500. The van der Waals surface area contributed by atoms with E-state index in [4.69, 9.17) is 0 Å². The van der Waals surface area contributed by atoms with Crippen molar-refractivity contribution in [3.05, 3.63) is 67.8 Å². The zero-order chi connectivity index (χ0) is 38.1. The van der Waals surface area contributed by atoms with Crippen molar-refractivity contribution in [2.24, 2.45) is 0 Å². The molecule has 0 N–H and O–H groups in total. The fourth-order valence-electron chi connectivity index (χ4n) is 13.8. The largest absolute Gasteiger partial charge is 0.302 e. The Labute approximate surface area is 325 Å². The van der Waals surface area contributed by atoms with Gasteiger partial charge in [0.15, 0.2) is 0 Å². The average Bonchev–Trinajstić information content (AvgIpc) is 4.06. The molecule has 0 aliphatic rings. The lowest BCUT2D eigenvalue weighted by Gasteiger charge is -2.26. The molecule has 0 amide bonds. The van der Waals surface area contributed by atoms with Crippen molar-refractivity contribution in [3.63, 3.8) is 0 Å². The molecule has 1 aromatic carbocycles. The van der Waals surface area contributed by atoms with E-state index < -0.39 is 0 Å². The SMILES string of the molecule is CCc1c(CC)c2c3c(CC)c(CC)c4c5c(CC)c(CC)c6c7c(CC)c(CC)c8c9c(CC)c(CC)c%10c%11ccc%12c1n2c1c(c(c(c(c1n34)n56)n87)n%109)n%12%11. The summed E-state index contributed by atoms with van der Waals surface area (Å²) in [6.07, 6.45) is 10.3. The fraction of sp³-hybridized carbons (Fsp3) is 0.400. The highest BCUT2D eigenvalue weighted by Gasteiger charge is 2.39. The fourth-order valence-corrected chi connectivity index (χ4v) is 13.8. The van der Waals surface area contributed by atoms with Gasteiger partial charge in [0, 0.05) is 0 Å². The summed E-state index contributed by atoms with van der Waals surface area (Å²) < 4.78 is 17.0. The van der Waals surface area contributed by atoms with Gasteiger partial charge in [-0.05, 0) is 132 Å². The lowest BCUT2D eigenvalue weighted by Crippen LogP contribution is -2.14. The molecule has 0 bridgehead atoms. The zero-order valence-electron chi connectivity index (χ0n) is 34.9. The van der Waals surface area contributed by atoms with Crippen LogP contribution in [0.2, 0.25) is 0 Å². The highest BCUT2D eigenvalue weighted by molar-refractivity contribution is 6.30. The van der Waals surface area contributed by atoms with Gasteiger partial charge in [-0.2, -0.15) is 0 Å². The maximum atomic E-state index is 2.86. The molecular weight excluding hydrogens is 685 g/mol. The summed E-state index contributed by atoms with van der Waals surface area (Å²) in [5, 5.41) is 0. The summed E-state index contributed by atoms with van der Waals surface area (Å²) in [6.45, 7) is 24.1. The normalized spacial score (nSPS) is 13.9. The van der Waals surface area contributed by atoms with E-state index in [0.29, 0.717) is 0 Å². The molecule has 13 aromatic rings. The molecule has 0 radical (unpaired) electrons. The Balaban J connectivity index is 1.58.